The quantitative estimate of drug-likeness (QED) is 0.562. The van der Waals surface area contributed by atoms with Crippen LogP contribution in [0.3, 0.4) is 0 Å². The predicted molar refractivity (Wildman–Crippen MR) is 114 cm³/mol. The fourth-order valence-electron chi connectivity index (χ4n) is 3.98. The lowest BCUT2D eigenvalue weighted by Crippen LogP contribution is -2.26. The van der Waals surface area contributed by atoms with Crippen LogP contribution in [0.5, 0.6) is 0 Å². The Morgan fingerprint density at radius 2 is 2.00 bits per heavy atom. The molecule has 1 aliphatic carbocycles. The van der Waals surface area contributed by atoms with Crippen LogP contribution in [-0.2, 0) is 13.0 Å². The number of halogens is 1. The SMILES string of the molecule is Cl.Nc1nonc1-n1nnc(CN2CCCC2)c1C(=O)N/N=C1/CCc2ccccc21. The lowest BCUT2D eigenvalue weighted by Gasteiger charge is -2.13. The molecule has 5 rings (SSSR count). The van der Waals surface area contributed by atoms with Crippen LogP contribution in [0.15, 0.2) is 34.0 Å². The van der Waals surface area contributed by atoms with E-state index in [1.807, 2.05) is 18.2 Å². The first-order valence-corrected chi connectivity index (χ1v) is 9.91. The number of rotatable bonds is 5. The number of hydrogen-bond donors (Lipinski definition) is 2. The predicted octanol–water partition coefficient (Wildman–Crippen LogP) is 1.33. The number of nitrogens with two attached hydrogens (primary N) is 1. The van der Waals surface area contributed by atoms with Crippen LogP contribution in [0.2, 0.25) is 0 Å². The zero-order valence-electron chi connectivity index (χ0n) is 16.7. The van der Waals surface area contributed by atoms with Crippen molar-refractivity contribution < 1.29 is 9.42 Å². The highest BCUT2D eigenvalue weighted by atomic mass is 35.5. The Hall–Kier alpha value is -3.31. The number of fused-ring (bicyclic) bond motifs is 1. The highest BCUT2D eigenvalue weighted by Gasteiger charge is 2.27. The van der Waals surface area contributed by atoms with Crippen LogP contribution < -0.4 is 11.2 Å². The number of hydrogen-bond acceptors (Lipinski definition) is 9. The molecule has 3 heterocycles. The summed E-state index contributed by atoms with van der Waals surface area (Å²) in [4.78, 5) is 15.4. The second kappa shape index (κ2) is 8.82. The van der Waals surface area contributed by atoms with Crippen molar-refractivity contribution in [1.82, 2.24) is 35.6 Å². The largest absolute Gasteiger partial charge is 0.378 e. The van der Waals surface area contributed by atoms with E-state index < -0.39 is 5.91 Å². The highest BCUT2D eigenvalue weighted by Crippen LogP contribution is 2.22. The van der Waals surface area contributed by atoms with E-state index >= 15 is 0 Å². The third-order valence-electron chi connectivity index (χ3n) is 5.48. The van der Waals surface area contributed by atoms with Gasteiger partial charge in [-0.05, 0) is 54.6 Å². The molecule has 2 aromatic heterocycles. The molecule has 0 saturated carbocycles. The van der Waals surface area contributed by atoms with Crippen molar-refractivity contribution in [3.05, 3.63) is 46.8 Å². The molecule has 12 heteroatoms. The summed E-state index contributed by atoms with van der Waals surface area (Å²) in [5.74, 6) is -0.287. The van der Waals surface area contributed by atoms with Crippen LogP contribution >= 0.6 is 12.4 Å². The Labute approximate surface area is 184 Å². The van der Waals surface area contributed by atoms with E-state index in [4.69, 9.17) is 5.73 Å². The molecular weight excluding hydrogens is 422 g/mol. The zero-order valence-corrected chi connectivity index (χ0v) is 17.5. The maximum absolute atomic E-state index is 13.1. The van der Waals surface area contributed by atoms with E-state index in [0.717, 1.165) is 50.0 Å². The molecule has 31 heavy (non-hydrogen) atoms. The van der Waals surface area contributed by atoms with Crippen LogP contribution in [0.25, 0.3) is 5.82 Å². The average Bonchev–Trinajstić information content (AvgIpc) is 3.54. The van der Waals surface area contributed by atoms with Crippen molar-refractivity contribution in [2.75, 3.05) is 18.8 Å². The number of nitrogen functional groups attached to an aromatic ring is 1. The van der Waals surface area contributed by atoms with E-state index in [9.17, 15) is 4.79 Å². The number of aryl methyl sites for hydroxylation is 1. The number of hydrazone groups is 1. The minimum Gasteiger partial charge on any atom is -0.378 e. The molecular formula is C19H22ClN9O2. The molecule has 0 unspecified atom stereocenters. The molecule has 0 atom stereocenters. The van der Waals surface area contributed by atoms with Gasteiger partial charge in [0.25, 0.3) is 5.91 Å². The Balaban J connectivity index is 0.00000231. The first-order chi connectivity index (χ1) is 14.7. The molecule has 1 saturated heterocycles. The minimum absolute atomic E-state index is 0. The third kappa shape index (κ3) is 4.01. The van der Waals surface area contributed by atoms with E-state index in [2.05, 4.69) is 46.7 Å². The van der Waals surface area contributed by atoms with Crippen molar-refractivity contribution in [1.29, 1.82) is 0 Å². The number of aromatic nitrogens is 5. The van der Waals surface area contributed by atoms with Crippen molar-refractivity contribution >= 4 is 29.8 Å². The number of anilines is 1. The normalized spacial score (nSPS) is 17.0. The molecule has 0 spiro atoms. The van der Waals surface area contributed by atoms with Gasteiger partial charge in [0.1, 0.15) is 5.69 Å². The van der Waals surface area contributed by atoms with Crippen LogP contribution in [0.1, 0.15) is 46.6 Å². The fourth-order valence-corrected chi connectivity index (χ4v) is 3.98. The van der Waals surface area contributed by atoms with Crippen molar-refractivity contribution in [2.45, 2.75) is 32.2 Å². The first-order valence-electron chi connectivity index (χ1n) is 9.91. The second-order valence-electron chi connectivity index (χ2n) is 7.41. The van der Waals surface area contributed by atoms with Crippen molar-refractivity contribution in [3.8, 4) is 5.82 Å². The van der Waals surface area contributed by atoms with Gasteiger partial charge in [0, 0.05) is 12.1 Å². The van der Waals surface area contributed by atoms with E-state index in [1.165, 1.54) is 10.2 Å². The topological polar surface area (TPSA) is 140 Å². The average molecular weight is 444 g/mol. The molecule has 162 valence electrons. The summed E-state index contributed by atoms with van der Waals surface area (Å²) in [6.07, 6.45) is 3.94. The number of carbonyl (C=O) groups excluding carboxylic acids is 1. The van der Waals surface area contributed by atoms with Gasteiger partial charge < -0.3 is 5.73 Å². The van der Waals surface area contributed by atoms with Crippen molar-refractivity contribution in [2.24, 2.45) is 5.10 Å². The lowest BCUT2D eigenvalue weighted by atomic mass is 10.1. The Bertz CT molecular complexity index is 1120. The zero-order chi connectivity index (χ0) is 20.5. The van der Waals surface area contributed by atoms with Gasteiger partial charge in [0.2, 0.25) is 11.6 Å². The van der Waals surface area contributed by atoms with Gasteiger partial charge in [-0.15, -0.1) is 17.5 Å². The van der Waals surface area contributed by atoms with Crippen LogP contribution in [0.4, 0.5) is 5.82 Å². The second-order valence-corrected chi connectivity index (χ2v) is 7.41. The summed E-state index contributed by atoms with van der Waals surface area (Å²) >= 11 is 0. The number of amides is 1. The summed E-state index contributed by atoms with van der Waals surface area (Å²) < 4.78 is 5.93. The van der Waals surface area contributed by atoms with E-state index in [-0.39, 0.29) is 29.7 Å². The Morgan fingerprint density at radius 1 is 1.19 bits per heavy atom. The van der Waals surface area contributed by atoms with Gasteiger partial charge in [0.15, 0.2) is 5.69 Å². The van der Waals surface area contributed by atoms with Gasteiger partial charge in [-0.1, -0.05) is 29.5 Å². The molecule has 2 aliphatic rings. The van der Waals surface area contributed by atoms with Gasteiger partial charge in [-0.2, -0.15) is 9.78 Å². The summed E-state index contributed by atoms with van der Waals surface area (Å²) in [6, 6.07) is 8.06. The van der Waals surface area contributed by atoms with Gasteiger partial charge in [-0.3, -0.25) is 9.69 Å². The Kier molecular flexibility index (Phi) is 5.96. The number of nitrogens with zero attached hydrogens (tertiary/aromatic N) is 7. The molecule has 0 radical (unpaired) electrons. The maximum atomic E-state index is 13.1. The smallest absolute Gasteiger partial charge is 0.292 e. The Morgan fingerprint density at radius 3 is 2.77 bits per heavy atom. The van der Waals surface area contributed by atoms with Gasteiger partial charge in [-0.25, -0.2) is 10.1 Å². The van der Waals surface area contributed by atoms with Crippen molar-refractivity contribution in [3.63, 3.8) is 0 Å². The molecule has 11 nitrogen and oxygen atoms in total. The first kappa shape index (κ1) is 20.9. The highest BCUT2D eigenvalue weighted by molar-refractivity contribution is 6.05. The monoisotopic (exact) mass is 443 g/mol. The number of nitrogens with one attached hydrogen (secondary N) is 1. The number of likely N-dealkylation sites (tertiary alicyclic amines) is 1. The summed E-state index contributed by atoms with van der Waals surface area (Å²) in [5.41, 5.74) is 12.4. The summed E-state index contributed by atoms with van der Waals surface area (Å²) in [6.45, 7) is 2.43. The van der Waals surface area contributed by atoms with Crippen LogP contribution in [0, 0.1) is 0 Å². The van der Waals surface area contributed by atoms with E-state index in [1.54, 1.807) is 0 Å². The molecule has 0 bridgehead atoms. The maximum Gasteiger partial charge on any atom is 0.292 e. The fraction of sp³-hybridized carbons (Fsp3) is 0.368. The summed E-state index contributed by atoms with van der Waals surface area (Å²) in [5, 5.41) is 20.0. The summed E-state index contributed by atoms with van der Waals surface area (Å²) in [7, 11) is 0. The number of carbonyl (C=O) groups is 1. The molecule has 1 aliphatic heterocycles. The van der Waals surface area contributed by atoms with Crippen LogP contribution in [-0.4, -0.2) is 54.9 Å². The van der Waals surface area contributed by atoms with Gasteiger partial charge >= 0.3 is 0 Å². The molecule has 1 aromatic carbocycles. The third-order valence-corrected chi connectivity index (χ3v) is 5.48. The standard InChI is InChI=1S/C19H21N9O2.ClH/c20-17-18(25-30-24-17)28-16(15(22-26-28)11-27-9-3-4-10-27)19(29)23-21-14-8-7-12-5-1-2-6-13(12)14;/h1-2,5-6H,3-4,7-11H2,(H2,20,24)(H,23,29);1H/b21-14-;. The molecule has 3 aromatic rings. The molecule has 1 amide bonds. The van der Waals surface area contributed by atoms with Gasteiger partial charge in [0.05, 0.1) is 5.71 Å². The van der Waals surface area contributed by atoms with E-state index in [0.29, 0.717) is 12.2 Å². The molecule has 1 fully saturated rings. The minimum atomic E-state index is -0.437. The number of benzene rings is 1. The lowest BCUT2D eigenvalue weighted by molar-refractivity contribution is 0.0945. The molecule has 3 N–H and O–H groups in total.